The Bertz CT molecular complexity index is 719. The van der Waals surface area contributed by atoms with Crippen molar-refractivity contribution in [3.8, 4) is 0 Å². The molecule has 0 heterocycles. The summed E-state index contributed by atoms with van der Waals surface area (Å²) in [6.45, 7) is 3.91. The van der Waals surface area contributed by atoms with E-state index in [0.717, 1.165) is 37.9 Å². The molecule has 0 radical (unpaired) electrons. The smallest absolute Gasteiger partial charge is 0.225 e. The first-order valence-electron chi connectivity index (χ1n) is 8.91. The molecule has 0 atom stereocenters. The van der Waals surface area contributed by atoms with Crippen LogP contribution in [0.1, 0.15) is 35.7 Å². The van der Waals surface area contributed by atoms with E-state index in [4.69, 9.17) is 11.6 Å². The van der Waals surface area contributed by atoms with Gasteiger partial charge in [-0.1, -0.05) is 37.3 Å². The van der Waals surface area contributed by atoms with Gasteiger partial charge in [-0.3, -0.25) is 9.59 Å². The SMILES string of the molecule is CCCN(CCc1ccccc1)c1ccc(C=O)c(NC(=O)CCCl)c1. The number of hydrogen-bond donors (Lipinski definition) is 1. The molecule has 0 bridgehead atoms. The maximum Gasteiger partial charge on any atom is 0.225 e. The summed E-state index contributed by atoms with van der Waals surface area (Å²) >= 11 is 5.62. The molecule has 138 valence electrons. The molecule has 2 aromatic carbocycles. The predicted octanol–water partition coefficient (Wildman–Crippen LogP) is 4.53. The molecule has 0 aromatic heterocycles. The van der Waals surface area contributed by atoms with E-state index >= 15 is 0 Å². The van der Waals surface area contributed by atoms with E-state index in [0.29, 0.717) is 11.3 Å². The molecule has 0 spiro atoms. The van der Waals surface area contributed by atoms with Crippen LogP contribution in [0.4, 0.5) is 11.4 Å². The molecule has 0 unspecified atom stereocenters. The quantitative estimate of drug-likeness (QED) is 0.492. The number of carbonyl (C=O) groups is 2. The van der Waals surface area contributed by atoms with E-state index in [9.17, 15) is 9.59 Å². The largest absolute Gasteiger partial charge is 0.371 e. The summed E-state index contributed by atoms with van der Waals surface area (Å²) in [5, 5.41) is 2.79. The van der Waals surface area contributed by atoms with Crippen LogP contribution in [0.3, 0.4) is 0 Å². The molecule has 26 heavy (non-hydrogen) atoms. The Balaban J connectivity index is 2.18. The van der Waals surface area contributed by atoms with Gasteiger partial charge in [-0.25, -0.2) is 0 Å². The normalized spacial score (nSPS) is 10.4. The van der Waals surface area contributed by atoms with Gasteiger partial charge in [-0.2, -0.15) is 0 Å². The molecule has 0 aliphatic carbocycles. The van der Waals surface area contributed by atoms with E-state index in [1.54, 1.807) is 6.07 Å². The molecule has 0 saturated carbocycles. The average molecular weight is 373 g/mol. The summed E-state index contributed by atoms with van der Waals surface area (Å²) in [7, 11) is 0. The first-order chi connectivity index (χ1) is 12.7. The van der Waals surface area contributed by atoms with Gasteiger partial charge in [0.15, 0.2) is 6.29 Å². The third-order valence-electron chi connectivity index (χ3n) is 4.13. The Morgan fingerprint density at radius 2 is 1.92 bits per heavy atom. The molecule has 5 heteroatoms. The number of carbonyl (C=O) groups excluding carboxylic acids is 2. The van der Waals surface area contributed by atoms with Gasteiger partial charge in [0.2, 0.25) is 5.91 Å². The summed E-state index contributed by atoms with van der Waals surface area (Å²) in [6.07, 6.45) is 2.92. The zero-order chi connectivity index (χ0) is 18.8. The van der Waals surface area contributed by atoms with Gasteiger partial charge in [0.25, 0.3) is 0 Å². The van der Waals surface area contributed by atoms with Crippen molar-refractivity contribution >= 4 is 35.2 Å². The standard InChI is InChI=1S/C21H25ClN2O2/c1-2-13-24(14-11-17-6-4-3-5-7-17)19-9-8-18(16-25)20(15-19)23-21(26)10-12-22/h3-9,15-16H,2,10-14H2,1H3,(H,23,26). The third kappa shape index (κ3) is 5.88. The number of alkyl halides is 1. The van der Waals surface area contributed by atoms with Crippen molar-refractivity contribution in [2.45, 2.75) is 26.2 Å². The number of amides is 1. The molecule has 2 aromatic rings. The van der Waals surface area contributed by atoms with Crippen LogP contribution in [0, 0.1) is 0 Å². The minimum atomic E-state index is -0.188. The molecule has 1 N–H and O–H groups in total. The zero-order valence-corrected chi connectivity index (χ0v) is 15.8. The fourth-order valence-electron chi connectivity index (χ4n) is 2.80. The fraction of sp³-hybridized carbons (Fsp3) is 0.333. The highest BCUT2D eigenvalue weighted by molar-refractivity contribution is 6.19. The van der Waals surface area contributed by atoms with Crippen molar-refractivity contribution in [1.82, 2.24) is 0 Å². The molecular weight excluding hydrogens is 348 g/mol. The van der Waals surface area contributed by atoms with Crippen LogP contribution < -0.4 is 10.2 Å². The van der Waals surface area contributed by atoms with Crippen LogP contribution in [0.25, 0.3) is 0 Å². The Morgan fingerprint density at radius 3 is 2.58 bits per heavy atom. The lowest BCUT2D eigenvalue weighted by Crippen LogP contribution is -2.27. The summed E-state index contributed by atoms with van der Waals surface area (Å²) in [6, 6.07) is 15.9. The van der Waals surface area contributed by atoms with Gasteiger partial charge in [0.05, 0.1) is 5.69 Å². The fourth-order valence-corrected chi connectivity index (χ4v) is 2.97. The summed E-state index contributed by atoms with van der Waals surface area (Å²) in [5.74, 6) is 0.0626. The van der Waals surface area contributed by atoms with Crippen LogP contribution in [0.5, 0.6) is 0 Å². The number of nitrogens with zero attached hydrogens (tertiary/aromatic N) is 1. The summed E-state index contributed by atoms with van der Waals surface area (Å²) < 4.78 is 0. The van der Waals surface area contributed by atoms with Crippen molar-refractivity contribution < 1.29 is 9.59 Å². The second kappa shape index (κ2) is 10.6. The van der Waals surface area contributed by atoms with Gasteiger partial charge in [0.1, 0.15) is 0 Å². The lowest BCUT2D eigenvalue weighted by atomic mass is 10.1. The first-order valence-corrected chi connectivity index (χ1v) is 9.45. The van der Waals surface area contributed by atoms with E-state index in [1.807, 2.05) is 30.3 Å². The number of hydrogen-bond acceptors (Lipinski definition) is 3. The molecule has 0 aliphatic heterocycles. The molecular formula is C21H25ClN2O2. The van der Waals surface area contributed by atoms with Crippen LogP contribution in [-0.4, -0.2) is 31.2 Å². The van der Waals surface area contributed by atoms with E-state index < -0.39 is 0 Å². The van der Waals surface area contributed by atoms with Crippen LogP contribution in [0.2, 0.25) is 0 Å². The molecule has 0 saturated heterocycles. The Hall–Kier alpha value is -2.33. The van der Waals surface area contributed by atoms with E-state index in [1.165, 1.54) is 5.56 Å². The van der Waals surface area contributed by atoms with Crippen molar-refractivity contribution in [1.29, 1.82) is 0 Å². The highest BCUT2D eigenvalue weighted by atomic mass is 35.5. The van der Waals surface area contributed by atoms with Crippen LogP contribution >= 0.6 is 11.6 Å². The summed E-state index contributed by atoms with van der Waals surface area (Å²) in [5.41, 5.74) is 3.29. The minimum Gasteiger partial charge on any atom is -0.371 e. The number of aldehydes is 1. The van der Waals surface area contributed by atoms with E-state index in [2.05, 4.69) is 29.3 Å². The van der Waals surface area contributed by atoms with E-state index in [-0.39, 0.29) is 18.2 Å². The number of rotatable bonds is 10. The van der Waals surface area contributed by atoms with Crippen LogP contribution in [0.15, 0.2) is 48.5 Å². The van der Waals surface area contributed by atoms with Gasteiger partial charge < -0.3 is 10.2 Å². The highest BCUT2D eigenvalue weighted by Gasteiger charge is 2.11. The Morgan fingerprint density at radius 1 is 1.15 bits per heavy atom. The van der Waals surface area contributed by atoms with Crippen molar-refractivity contribution in [3.63, 3.8) is 0 Å². The van der Waals surface area contributed by atoms with Gasteiger partial charge in [-0.15, -0.1) is 11.6 Å². The van der Waals surface area contributed by atoms with Crippen molar-refractivity contribution in [3.05, 3.63) is 59.7 Å². The topological polar surface area (TPSA) is 49.4 Å². The van der Waals surface area contributed by atoms with Crippen LogP contribution in [-0.2, 0) is 11.2 Å². The monoisotopic (exact) mass is 372 g/mol. The summed E-state index contributed by atoms with van der Waals surface area (Å²) in [4.78, 5) is 25.4. The number of nitrogens with one attached hydrogen (secondary N) is 1. The first kappa shape index (κ1) is 20.0. The molecule has 2 rings (SSSR count). The Kier molecular flexibility index (Phi) is 8.16. The molecule has 1 amide bonds. The maximum atomic E-state index is 11.9. The molecule has 0 aliphatic rings. The predicted molar refractivity (Wildman–Crippen MR) is 108 cm³/mol. The van der Waals surface area contributed by atoms with Gasteiger partial charge >= 0.3 is 0 Å². The second-order valence-electron chi connectivity index (χ2n) is 6.10. The van der Waals surface area contributed by atoms with Crippen molar-refractivity contribution in [2.75, 3.05) is 29.2 Å². The Labute approximate surface area is 160 Å². The molecule has 4 nitrogen and oxygen atoms in total. The molecule has 0 fully saturated rings. The highest BCUT2D eigenvalue weighted by Crippen LogP contribution is 2.24. The second-order valence-corrected chi connectivity index (χ2v) is 6.48. The van der Waals surface area contributed by atoms with Gasteiger partial charge in [0, 0.05) is 36.6 Å². The van der Waals surface area contributed by atoms with Crippen molar-refractivity contribution in [2.24, 2.45) is 0 Å². The third-order valence-corrected chi connectivity index (χ3v) is 4.32. The minimum absolute atomic E-state index is 0.188. The maximum absolute atomic E-state index is 11.9. The number of anilines is 2. The lowest BCUT2D eigenvalue weighted by molar-refractivity contribution is -0.115. The zero-order valence-electron chi connectivity index (χ0n) is 15.1. The number of halogens is 1. The average Bonchev–Trinajstić information content (AvgIpc) is 2.66. The van der Waals surface area contributed by atoms with Gasteiger partial charge in [-0.05, 0) is 36.6 Å². The lowest BCUT2D eigenvalue weighted by Gasteiger charge is -2.25. The number of benzene rings is 2.